The van der Waals surface area contributed by atoms with Crippen LogP contribution in [0.25, 0.3) is 0 Å². The zero-order valence-electron chi connectivity index (χ0n) is 32.2. The van der Waals surface area contributed by atoms with E-state index in [4.69, 9.17) is 11.2 Å². The number of nitrogens with one attached hydrogen (secondary N) is 2. The van der Waals surface area contributed by atoms with Crippen molar-refractivity contribution in [2.45, 2.75) is 97.8 Å². The Labute approximate surface area is 310 Å². The number of nitrogens with zero attached hydrogens (tertiary/aromatic N) is 2. The number of allylic oxidation sites excluding steroid dienone is 3. The Morgan fingerprint density at radius 2 is 1.69 bits per heavy atom. The van der Waals surface area contributed by atoms with Gasteiger partial charge >= 0.3 is 0 Å². The summed E-state index contributed by atoms with van der Waals surface area (Å²) in [5, 5.41) is 5.43. The molecule has 8 nitrogen and oxygen atoms in total. The van der Waals surface area contributed by atoms with E-state index in [1.165, 1.54) is 62.8 Å². The van der Waals surface area contributed by atoms with E-state index in [9.17, 15) is 14.4 Å². The van der Waals surface area contributed by atoms with Crippen molar-refractivity contribution in [1.82, 2.24) is 20.4 Å². The Morgan fingerprint density at radius 1 is 1.02 bits per heavy atom. The number of hydrogen-bond donors (Lipinski definition) is 2. The van der Waals surface area contributed by atoms with Crippen molar-refractivity contribution >= 4 is 24.5 Å². The van der Waals surface area contributed by atoms with Gasteiger partial charge in [0, 0.05) is 58.8 Å². The summed E-state index contributed by atoms with van der Waals surface area (Å²) in [6, 6.07) is 9.74. The van der Waals surface area contributed by atoms with Gasteiger partial charge in [0.25, 0.3) is 0 Å². The lowest BCUT2D eigenvalue weighted by Gasteiger charge is -2.24. The van der Waals surface area contributed by atoms with Crippen molar-refractivity contribution in [2.75, 3.05) is 40.3 Å². The molecule has 1 aromatic carbocycles. The summed E-state index contributed by atoms with van der Waals surface area (Å²) in [6.07, 6.45) is 36.5. The van der Waals surface area contributed by atoms with Gasteiger partial charge in [-0.15, -0.1) is 19.3 Å². The molecule has 0 spiro atoms. The van der Waals surface area contributed by atoms with E-state index < -0.39 is 5.92 Å². The summed E-state index contributed by atoms with van der Waals surface area (Å²) in [7, 11) is 3.86. The second-order valence-electron chi connectivity index (χ2n) is 12.8. The molecule has 0 aromatic heterocycles. The topological polar surface area (TPSA) is 98.8 Å². The minimum absolute atomic E-state index is 0.0396. The molecule has 1 fully saturated rings. The fraction of sp³-hybridized carbons (Fsp3) is 0.535. The van der Waals surface area contributed by atoms with Crippen molar-refractivity contribution in [3.63, 3.8) is 0 Å². The number of rotatable bonds is 15. The first-order valence-corrected chi connectivity index (χ1v) is 18.3. The maximum atomic E-state index is 12.8. The lowest BCUT2D eigenvalue weighted by atomic mass is 9.91. The first-order valence-electron chi connectivity index (χ1n) is 18.3. The third-order valence-electron chi connectivity index (χ3n) is 8.34. The number of carbonyl (C=O) groups excluding carboxylic acids is 4. The third kappa shape index (κ3) is 28.0. The minimum atomic E-state index is -0.463. The summed E-state index contributed by atoms with van der Waals surface area (Å²) in [5.41, 5.74) is 2.34. The molecule has 0 saturated heterocycles. The molecule has 1 aromatic rings. The quantitative estimate of drug-likeness (QED) is 0.150. The highest BCUT2D eigenvalue weighted by Crippen LogP contribution is 2.22. The standard InChI is InChI=1S/C26H33N3O2.C7H15NO.C7H14.C2H2.CH2O/c1-4-5-16-27-26(31)24(19-22-12-8-6-9-13-22)20-25(30)29(3)18-17-28(2)21-23-14-10-7-11-15-23;1-3-4-5-6-8-7(2)9;1-7-5-3-2-4-6-7;2*1-2/h1,5-6,8-10,12-16,24H,7,11,17-21H2,2-3H3,(H,27,31);3-6H2,1-2H3,(H,8,9);7H,2-6H2,1H3;1-2H;1H2/b16-5+;;;;/t24-;;;;/m1..../s1. The van der Waals surface area contributed by atoms with Gasteiger partial charge in [0.2, 0.25) is 17.7 Å². The van der Waals surface area contributed by atoms with Gasteiger partial charge in [-0.2, -0.15) is 0 Å². The number of unbranched alkanes of at least 4 members (excludes halogenated alkanes) is 2. The molecule has 0 aliphatic heterocycles. The molecule has 0 radical (unpaired) electrons. The highest BCUT2D eigenvalue weighted by molar-refractivity contribution is 5.86. The van der Waals surface area contributed by atoms with Gasteiger partial charge in [0.05, 0.1) is 5.92 Å². The Balaban J connectivity index is 0. The van der Waals surface area contributed by atoms with E-state index in [2.05, 4.69) is 73.4 Å². The van der Waals surface area contributed by atoms with Crippen LogP contribution in [0.3, 0.4) is 0 Å². The molecule has 2 aliphatic rings. The van der Waals surface area contributed by atoms with Gasteiger partial charge in [-0.05, 0) is 49.8 Å². The van der Waals surface area contributed by atoms with Crippen LogP contribution >= 0.6 is 0 Å². The summed E-state index contributed by atoms with van der Waals surface area (Å²) in [4.78, 5) is 47.7. The number of hydrogen-bond acceptors (Lipinski definition) is 5. The summed E-state index contributed by atoms with van der Waals surface area (Å²) in [6.45, 7) is 11.2. The maximum Gasteiger partial charge on any atom is 0.227 e. The Morgan fingerprint density at radius 3 is 2.22 bits per heavy atom. The van der Waals surface area contributed by atoms with E-state index in [0.717, 1.165) is 50.4 Å². The fourth-order valence-corrected chi connectivity index (χ4v) is 5.38. The van der Waals surface area contributed by atoms with Gasteiger partial charge in [0.15, 0.2) is 0 Å². The predicted molar refractivity (Wildman–Crippen MR) is 213 cm³/mol. The lowest BCUT2D eigenvalue weighted by Crippen LogP contribution is -2.38. The van der Waals surface area contributed by atoms with Crippen molar-refractivity contribution in [3.8, 4) is 25.2 Å². The maximum absolute atomic E-state index is 12.8. The van der Waals surface area contributed by atoms with E-state index in [1.807, 2.05) is 37.1 Å². The number of terminal acetylenes is 2. The second-order valence-corrected chi connectivity index (χ2v) is 12.8. The number of carbonyl (C=O) groups is 4. The molecular weight excluding hydrogens is 636 g/mol. The van der Waals surface area contributed by atoms with Crippen LogP contribution in [0.2, 0.25) is 0 Å². The van der Waals surface area contributed by atoms with Crippen molar-refractivity contribution < 1.29 is 19.2 Å². The highest BCUT2D eigenvalue weighted by Gasteiger charge is 2.24. The first kappa shape index (κ1) is 48.7. The molecule has 51 heavy (non-hydrogen) atoms. The van der Waals surface area contributed by atoms with Crippen LogP contribution in [0.5, 0.6) is 0 Å². The molecule has 0 heterocycles. The van der Waals surface area contributed by atoms with E-state index in [1.54, 1.807) is 18.9 Å². The van der Waals surface area contributed by atoms with Gasteiger partial charge < -0.3 is 25.2 Å². The number of amides is 3. The predicted octanol–water partition coefficient (Wildman–Crippen LogP) is 7.13. The Hall–Kier alpha value is -4.40. The van der Waals surface area contributed by atoms with Crippen LogP contribution in [0.4, 0.5) is 0 Å². The molecule has 0 unspecified atom stereocenters. The van der Waals surface area contributed by atoms with E-state index in [-0.39, 0.29) is 24.1 Å². The lowest BCUT2D eigenvalue weighted by molar-refractivity contribution is -0.135. The van der Waals surface area contributed by atoms with Crippen LogP contribution in [0, 0.1) is 37.0 Å². The molecule has 1 saturated carbocycles. The molecule has 2 N–H and O–H groups in total. The molecule has 0 bridgehead atoms. The largest absolute Gasteiger partial charge is 0.356 e. The van der Waals surface area contributed by atoms with Crippen molar-refractivity contribution in [3.05, 3.63) is 72.0 Å². The van der Waals surface area contributed by atoms with E-state index >= 15 is 0 Å². The molecule has 3 rings (SSSR count). The van der Waals surface area contributed by atoms with Gasteiger partial charge in [-0.25, -0.2) is 0 Å². The average Bonchev–Trinajstić information content (AvgIpc) is 3.15. The van der Waals surface area contributed by atoms with Gasteiger partial charge in [0.1, 0.15) is 6.79 Å². The van der Waals surface area contributed by atoms with E-state index in [0.29, 0.717) is 13.0 Å². The minimum Gasteiger partial charge on any atom is -0.356 e. The fourth-order valence-electron chi connectivity index (χ4n) is 5.38. The zero-order chi connectivity index (χ0) is 38.7. The molecule has 8 heteroatoms. The SMILES string of the molecule is C#C.C#C/C=C/NC(=O)[C@@H](CC(=O)N(C)CCN(C)CC1=CCCC=C1)Cc1ccccc1.C=O.CC1CCCCC1.CCCCCNC(C)=O. The molecule has 1 atom stereocenters. The van der Waals surface area contributed by atoms with Crippen LogP contribution in [0.15, 0.2) is 66.4 Å². The molecule has 3 amide bonds. The molecule has 2 aliphatic carbocycles. The third-order valence-corrected chi connectivity index (χ3v) is 8.34. The Bertz CT molecular complexity index is 1210. The highest BCUT2D eigenvalue weighted by atomic mass is 16.2. The number of likely N-dealkylation sites (N-methyl/N-ethyl adjacent to an activating group) is 2. The second kappa shape index (κ2) is 34.1. The van der Waals surface area contributed by atoms with Crippen LogP contribution < -0.4 is 10.6 Å². The van der Waals surface area contributed by atoms with Crippen LogP contribution in [-0.2, 0) is 25.6 Å². The monoisotopic (exact) mass is 703 g/mol. The number of benzene rings is 1. The normalized spacial score (nSPS) is 13.8. The smallest absolute Gasteiger partial charge is 0.227 e. The van der Waals surface area contributed by atoms with Crippen molar-refractivity contribution in [2.24, 2.45) is 11.8 Å². The summed E-state index contributed by atoms with van der Waals surface area (Å²) < 4.78 is 0. The molecular formula is C43H66N4O4. The van der Waals surface area contributed by atoms with Gasteiger partial charge in [-0.1, -0.05) is 113 Å². The molecule has 282 valence electrons. The zero-order valence-corrected chi connectivity index (χ0v) is 32.2. The van der Waals surface area contributed by atoms with Crippen LogP contribution in [-0.4, -0.2) is 74.6 Å². The Kier molecular flexibility index (Phi) is 32.5. The average molecular weight is 703 g/mol. The van der Waals surface area contributed by atoms with Gasteiger partial charge in [-0.3, -0.25) is 14.4 Å². The van der Waals surface area contributed by atoms with Crippen LogP contribution in [0.1, 0.15) is 97.0 Å². The van der Waals surface area contributed by atoms with Crippen molar-refractivity contribution in [1.29, 1.82) is 0 Å². The summed E-state index contributed by atoms with van der Waals surface area (Å²) >= 11 is 0. The first-order chi connectivity index (χ1) is 24.7. The summed E-state index contributed by atoms with van der Waals surface area (Å²) in [5.74, 6) is 2.75.